The lowest BCUT2D eigenvalue weighted by molar-refractivity contribution is -0.135. The number of nitrogens with one attached hydrogen (secondary N) is 2. The normalized spacial score (nSPS) is 21.1. The van der Waals surface area contributed by atoms with Crippen molar-refractivity contribution in [3.63, 3.8) is 0 Å². The molecule has 4 amide bonds. The van der Waals surface area contributed by atoms with Crippen LogP contribution in [0.1, 0.15) is 51.7 Å². The fourth-order valence-electron chi connectivity index (χ4n) is 3.04. The highest BCUT2D eigenvalue weighted by molar-refractivity contribution is 6.09. The van der Waals surface area contributed by atoms with Gasteiger partial charge in [0.2, 0.25) is 5.91 Å². The van der Waals surface area contributed by atoms with Gasteiger partial charge in [0.05, 0.1) is 0 Å². The van der Waals surface area contributed by atoms with E-state index in [1.165, 1.54) is 0 Å². The molecule has 0 aromatic heterocycles. The summed E-state index contributed by atoms with van der Waals surface area (Å²) in [5.41, 5.74) is 0.629. The van der Waals surface area contributed by atoms with Crippen LogP contribution in [0.4, 0.5) is 4.79 Å². The van der Waals surface area contributed by atoms with Crippen LogP contribution >= 0.6 is 0 Å². The van der Waals surface area contributed by atoms with Gasteiger partial charge >= 0.3 is 6.03 Å². The minimum Gasteiger partial charge on any atom is -0.352 e. The Morgan fingerprint density at radius 1 is 1.15 bits per heavy atom. The SMILES string of the molecule is Cc1ccc([C@@]2(C)NC(=O)N(CC(=O)N[C@@H](C)CCC(C)C)C2=O)cc1. The molecule has 1 aromatic carbocycles. The molecule has 2 atom stereocenters. The van der Waals surface area contributed by atoms with Crippen LogP contribution < -0.4 is 10.6 Å². The first-order valence-electron chi connectivity index (χ1n) is 9.14. The molecule has 1 aliphatic rings. The fraction of sp³-hybridized carbons (Fsp3) is 0.550. The van der Waals surface area contributed by atoms with E-state index in [9.17, 15) is 14.4 Å². The standard InChI is InChI=1S/C20H29N3O3/c1-13(2)6-9-15(4)21-17(24)12-23-18(25)20(5,22-19(23)26)16-10-7-14(3)8-11-16/h7-8,10-11,13,15H,6,9,12H2,1-5H3,(H,21,24)(H,22,26)/t15-,20+/m0/s1. The molecular formula is C20H29N3O3. The van der Waals surface area contributed by atoms with Crippen LogP contribution in [-0.4, -0.2) is 35.3 Å². The molecular weight excluding hydrogens is 330 g/mol. The number of rotatable bonds is 7. The predicted octanol–water partition coefficient (Wildman–Crippen LogP) is 2.70. The van der Waals surface area contributed by atoms with E-state index in [2.05, 4.69) is 24.5 Å². The van der Waals surface area contributed by atoms with Gasteiger partial charge in [-0.3, -0.25) is 14.5 Å². The molecule has 0 radical (unpaired) electrons. The van der Waals surface area contributed by atoms with Crippen LogP contribution in [0.25, 0.3) is 0 Å². The molecule has 26 heavy (non-hydrogen) atoms. The van der Waals surface area contributed by atoms with Crippen LogP contribution in [0.5, 0.6) is 0 Å². The maximum absolute atomic E-state index is 12.8. The maximum atomic E-state index is 12.8. The highest BCUT2D eigenvalue weighted by Crippen LogP contribution is 2.28. The number of amides is 4. The molecule has 0 spiro atoms. The Bertz CT molecular complexity index is 684. The van der Waals surface area contributed by atoms with E-state index in [1.54, 1.807) is 6.92 Å². The van der Waals surface area contributed by atoms with Crippen molar-refractivity contribution in [2.24, 2.45) is 5.92 Å². The maximum Gasteiger partial charge on any atom is 0.325 e. The third-order valence-corrected chi connectivity index (χ3v) is 4.79. The molecule has 6 nitrogen and oxygen atoms in total. The molecule has 0 saturated carbocycles. The zero-order valence-electron chi connectivity index (χ0n) is 16.3. The van der Waals surface area contributed by atoms with Gasteiger partial charge in [0.15, 0.2) is 0 Å². The summed E-state index contributed by atoms with van der Waals surface area (Å²) < 4.78 is 0. The Balaban J connectivity index is 2.02. The number of imide groups is 1. The summed E-state index contributed by atoms with van der Waals surface area (Å²) in [6, 6.07) is 6.91. The fourth-order valence-corrected chi connectivity index (χ4v) is 3.04. The monoisotopic (exact) mass is 359 g/mol. The average Bonchev–Trinajstić information content (AvgIpc) is 2.77. The Kier molecular flexibility index (Phi) is 6.05. The van der Waals surface area contributed by atoms with Crippen molar-refractivity contribution in [3.8, 4) is 0 Å². The van der Waals surface area contributed by atoms with Crippen molar-refractivity contribution in [1.82, 2.24) is 15.5 Å². The van der Waals surface area contributed by atoms with Crippen molar-refractivity contribution < 1.29 is 14.4 Å². The largest absolute Gasteiger partial charge is 0.352 e. The Morgan fingerprint density at radius 3 is 2.35 bits per heavy atom. The summed E-state index contributed by atoms with van der Waals surface area (Å²) in [6.45, 7) is 9.56. The summed E-state index contributed by atoms with van der Waals surface area (Å²) >= 11 is 0. The molecule has 2 N–H and O–H groups in total. The Morgan fingerprint density at radius 2 is 1.77 bits per heavy atom. The van der Waals surface area contributed by atoms with Crippen LogP contribution in [0.15, 0.2) is 24.3 Å². The second kappa shape index (κ2) is 7.89. The minimum atomic E-state index is -1.14. The van der Waals surface area contributed by atoms with Crippen LogP contribution in [0.3, 0.4) is 0 Å². The van der Waals surface area contributed by atoms with Gasteiger partial charge < -0.3 is 10.6 Å². The van der Waals surface area contributed by atoms with E-state index in [1.807, 2.05) is 38.1 Å². The quantitative estimate of drug-likeness (QED) is 0.735. The van der Waals surface area contributed by atoms with Gasteiger partial charge in [-0.05, 0) is 45.1 Å². The van der Waals surface area contributed by atoms with Crippen molar-refractivity contribution in [3.05, 3.63) is 35.4 Å². The van der Waals surface area contributed by atoms with E-state index < -0.39 is 17.5 Å². The molecule has 1 fully saturated rings. The summed E-state index contributed by atoms with van der Waals surface area (Å²) in [7, 11) is 0. The molecule has 142 valence electrons. The van der Waals surface area contributed by atoms with Crippen molar-refractivity contribution >= 4 is 17.8 Å². The second-order valence-electron chi connectivity index (χ2n) is 7.75. The lowest BCUT2D eigenvalue weighted by atomic mass is 9.91. The van der Waals surface area contributed by atoms with Gasteiger partial charge in [0.25, 0.3) is 5.91 Å². The highest BCUT2D eigenvalue weighted by atomic mass is 16.2. The van der Waals surface area contributed by atoms with E-state index >= 15 is 0 Å². The number of carbonyl (C=O) groups is 3. The first kappa shape index (κ1) is 19.9. The molecule has 1 aliphatic heterocycles. The van der Waals surface area contributed by atoms with Gasteiger partial charge in [-0.1, -0.05) is 43.7 Å². The van der Waals surface area contributed by atoms with Crippen molar-refractivity contribution in [1.29, 1.82) is 0 Å². The smallest absolute Gasteiger partial charge is 0.325 e. The average molecular weight is 359 g/mol. The van der Waals surface area contributed by atoms with Gasteiger partial charge in [-0.15, -0.1) is 0 Å². The molecule has 1 aromatic rings. The lowest BCUT2D eigenvalue weighted by Gasteiger charge is -2.22. The summed E-state index contributed by atoms with van der Waals surface area (Å²) in [5, 5.41) is 5.59. The molecule has 1 saturated heterocycles. The Hall–Kier alpha value is -2.37. The minimum absolute atomic E-state index is 0.00847. The van der Waals surface area contributed by atoms with Gasteiger partial charge in [0.1, 0.15) is 12.1 Å². The zero-order chi connectivity index (χ0) is 19.5. The molecule has 1 heterocycles. The van der Waals surface area contributed by atoms with Gasteiger partial charge in [-0.2, -0.15) is 0 Å². The molecule has 0 bridgehead atoms. The highest BCUT2D eigenvalue weighted by Gasteiger charge is 2.49. The number of benzene rings is 1. The molecule has 0 unspecified atom stereocenters. The van der Waals surface area contributed by atoms with Crippen LogP contribution in [0, 0.1) is 12.8 Å². The zero-order valence-corrected chi connectivity index (χ0v) is 16.3. The van der Waals surface area contributed by atoms with E-state index in [-0.39, 0.29) is 18.5 Å². The van der Waals surface area contributed by atoms with Gasteiger partial charge in [-0.25, -0.2) is 4.79 Å². The first-order chi connectivity index (χ1) is 12.1. The van der Waals surface area contributed by atoms with Crippen molar-refractivity contribution in [2.45, 2.75) is 59.0 Å². The summed E-state index contributed by atoms with van der Waals surface area (Å²) in [5.74, 6) is -0.162. The number of carbonyl (C=O) groups excluding carboxylic acids is 3. The first-order valence-corrected chi connectivity index (χ1v) is 9.14. The number of urea groups is 1. The molecule has 0 aliphatic carbocycles. The van der Waals surface area contributed by atoms with Crippen LogP contribution in [-0.2, 0) is 15.1 Å². The third kappa shape index (κ3) is 4.42. The van der Waals surface area contributed by atoms with E-state index in [0.717, 1.165) is 23.3 Å². The van der Waals surface area contributed by atoms with Crippen molar-refractivity contribution in [2.75, 3.05) is 6.54 Å². The van der Waals surface area contributed by atoms with E-state index in [0.29, 0.717) is 11.5 Å². The Labute approximate surface area is 155 Å². The summed E-state index contributed by atoms with van der Waals surface area (Å²) in [6.07, 6.45) is 1.88. The van der Waals surface area contributed by atoms with Crippen LogP contribution in [0.2, 0.25) is 0 Å². The summed E-state index contributed by atoms with van der Waals surface area (Å²) in [4.78, 5) is 38.4. The predicted molar refractivity (Wildman–Crippen MR) is 100 cm³/mol. The third-order valence-electron chi connectivity index (χ3n) is 4.79. The second-order valence-corrected chi connectivity index (χ2v) is 7.75. The number of hydrogen-bond acceptors (Lipinski definition) is 3. The number of hydrogen-bond donors (Lipinski definition) is 2. The van der Waals surface area contributed by atoms with E-state index in [4.69, 9.17) is 0 Å². The number of aryl methyl sites for hydroxylation is 1. The van der Waals surface area contributed by atoms with Gasteiger partial charge in [0, 0.05) is 6.04 Å². The topological polar surface area (TPSA) is 78.5 Å². The number of nitrogens with zero attached hydrogens (tertiary/aromatic N) is 1. The lowest BCUT2D eigenvalue weighted by Crippen LogP contribution is -2.45. The molecule has 2 rings (SSSR count). The molecule has 6 heteroatoms.